The lowest BCUT2D eigenvalue weighted by Crippen LogP contribution is -2.56. The first-order chi connectivity index (χ1) is 8.03. The molecule has 0 aromatic heterocycles. The van der Waals surface area contributed by atoms with Crippen LogP contribution in [0.2, 0.25) is 0 Å². The van der Waals surface area contributed by atoms with Gasteiger partial charge < -0.3 is 15.5 Å². The quantitative estimate of drug-likeness (QED) is 0.793. The highest BCUT2D eigenvalue weighted by atomic mass is 16.2. The first kappa shape index (κ1) is 12.8. The Labute approximate surface area is 104 Å². The van der Waals surface area contributed by atoms with Gasteiger partial charge in [0, 0.05) is 19.1 Å². The second kappa shape index (κ2) is 4.94. The van der Waals surface area contributed by atoms with Crippen molar-refractivity contribution < 1.29 is 4.79 Å². The van der Waals surface area contributed by atoms with E-state index in [4.69, 9.17) is 5.73 Å². The van der Waals surface area contributed by atoms with Crippen LogP contribution in [0.3, 0.4) is 0 Å². The predicted molar refractivity (Wildman–Crippen MR) is 68.7 cm³/mol. The summed E-state index contributed by atoms with van der Waals surface area (Å²) < 4.78 is 0. The number of nitrogens with two attached hydrogens (primary N) is 1. The third-order valence-electron chi connectivity index (χ3n) is 4.14. The molecular formula is C13H25N3O. The lowest BCUT2D eigenvalue weighted by atomic mass is 9.96. The molecule has 0 bridgehead atoms. The summed E-state index contributed by atoms with van der Waals surface area (Å²) in [5.41, 5.74) is 5.72. The van der Waals surface area contributed by atoms with Crippen LogP contribution in [-0.4, -0.2) is 54.5 Å². The van der Waals surface area contributed by atoms with Crippen LogP contribution in [-0.2, 0) is 4.79 Å². The van der Waals surface area contributed by atoms with E-state index in [0.717, 1.165) is 51.6 Å². The molecule has 4 nitrogen and oxygen atoms in total. The standard InChI is InChI=1S/C13H25N3O/c1-15(2)10-11-6-5-9-16(11)12(17)13(14)7-3-4-8-13/h11H,3-10,14H2,1-2H3. The minimum absolute atomic E-state index is 0.208. The van der Waals surface area contributed by atoms with Crippen molar-refractivity contribution >= 4 is 5.91 Å². The molecule has 4 heteroatoms. The fourth-order valence-corrected chi connectivity index (χ4v) is 3.22. The second-order valence-corrected chi connectivity index (χ2v) is 5.92. The molecule has 1 unspecified atom stereocenters. The van der Waals surface area contributed by atoms with Crippen LogP contribution in [0.1, 0.15) is 38.5 Å². The van der Waals surface area contributed by atoms with Gasteiger partial charge in [0.2, 0.25) is 5.91 Å². The van der Waals surface area contributed by atoms with Crippen LogP contribution in [0.15, 0.2) is 0 Å². The lowest BCUT2D eigenvalue weighted by molar-refractivity contribution is -0.137. The summed E-state index contributed by atoms with van der Waals surface area (Å²) in [5.74, 6) is 0.208. The van der Waals surface area contributed by atoms with Crippen molar-refractivity contribution in [2.75, 3.05) is 27.2 Å². The predicted octanol–water partition coefficient (Wildman–Crippen LogP) is 0.811. The average molecular weight is 239 g/mol. The fourth-order valence-electron chi connectivity index (χ4n) is 3.22. The molecule has 0 radical (unpaired) electrons. The summed E-state index contributed by atoms with van der Waals surface area (Å²) in [7, 11) is 4.13. The number of hydrogen-bond acceptors (Lipinski definition) is 3. The van der Waals surface area contributed by atoms with Crippen molar-refractivity contribution in [2.24, 2.45) is 5.73 Å². The Morgan fingerprint density at radius 2 is 2.00 bits per heavy atom. The number of carbonyl (C=O) groups is 1. The molecule has 98 valence electrons. The molecule has 2 fully saturated rings. The zero-order valence-electron chi connectivity index (χ0n) is 11.1. The number of amides is 1. The van der Waals surface area contributed by atoms with E-state index in [1.807, 2.05) is 4.90 Å². The topological polar surface area (TPSA) is 49.6 Å². The van der Waals surface area contributed by atoms with Gasteiger partial charge in [-0.1, -0.05) is 12.8 Å². The van der Waals surface area contributed by atoms with Gasteiger partial charge >= 0.3 is 0 Å². The van der Waals surface area contributed by atoms with Gasteiger partial charge in [-0.2, -0.15) is 0 Å². The monoisotopic (exact) mass is 239 g/mol. The smallest absolute Gasteiger partial charge is 0.242 e. The molecule has 1 saturated carbocycles. The van der Waals surface area contributed by atoms with Crippen molar-refractivity contribution in [3.05, 3.63) is 0 Å². The summed E-state index contributed by atoms with van der Waals surface area (Å²) in [5, 5.41) is 0. The summed E-state index contributed by atoms with van der Waals surface area (Å²) >= 11 is 0. The molecule has 1 saturated heterocycles. The van der Waals surface area contributed by atoms with Gasteiger partial charge in [-0.05, 0) is 39.8 Å². The molecule has 2 N–H and O–H groups in total. The van der Waals surface area contributed by atoms with Crippen molar-refractivity contribution in [3.8, 4) is 0 Å². The van der Waals surface area contributed by atoms with Crippen LogP contribution in [0.25, 0.3) is 0 Å². The molecule has 0 aromatic carbocycles. The summed E-state index contributed by atoms with van der Waals surface area (Å²) in [6, 6.07) is 0.374. The number of nitrogens with zero attached hydrogens (tertiary/aromatic N) is 2. The van der Waals surface area contributed by atoms with Gasteiger partial charge in [0.15, 0.2) is 0 Å². The van der Waals surface area contributed by atoms with Crippen molar-refractivity contribution in [2.45, 2.75) is 50.1 Å². The van der Waals surface area contributed by atoms with E-state index in [9.17, 15) is 4.79 Å². The first-order valence-electron chi connectivity index (χ1n) is 6.78. The molecule has 0 spiro atoms. The first-order valence-corrected chi connectivity index (χ1v) is 6.78. The molecule has 1 aliphatic heterocycles. The van der Waals surface area contributed by atoms with Crippen LogP contribution in [0, 0.1) is 0 Å². The zero-order valence-corrected chi connectivity index (χ0v) is 11.1. The summed E-state index contributed by atoms with van der Waals surface area (Å²) in [6.45, 7) is 1.86. The maximum atomic E-state index is 12.5. The van der Waals surface area contributed by atoms with Crippen molar-refractivity contribution in [3.63, 3.8) is 0 Å². The average Bonchev–Trinajstić information content (AvgIpc) is 2.86. The number of rotatable bonds is 3. The normalized spacial score (nSPS) is 28.0. The summed E-state index contributed by atoms with van der Waals surface area (Å²) in [6.07, 6.45) is 6.21. The maximum Gasteiger partial charge on any atom is 0.242 e. The van der Waals surface area contributed by atoms with Gasteiger partial charge in [-0.25, -0.2) is 0 Å². The number of carbonyl (C=O) groups excluding carboxylic acids is 1. The Morgan fingerprint density at radius 1 is 1.35 bits per heavy atom. The minimum atomic E-state index is -0.547. The minimum Gasteiger partial charge on any atom is -0.337 e. The van der Waals surface area contributed by atoms with Gasteiger partial charge in [0.05, 0.1) is 5.54 Å². The highest BCUT2D eigenvalue weighted by molar-refractivity contribution is 5.87. The van der Waals surface area contributed by atoms with Gasteiger partial charge in [-0.15, -0.1) is 0 Å². The third kappa shape index (κ3) is 2.63. The number of hydrogen-bond donors (Lipinski definition) is 1. The second-order valence-electron chi connectivity index (χ2n) is 5.92. The highest BCUT2D eigenvalue weighted by Gasteiger charge is 2.43. The van der Waals surface area contributed by atoms with Crippen LogP contribution < -0.4 is 5.73 Å². The molecule has 17 heavy (non-hydrogen) atoms. The van der Waals surface area contributed by atoms with Crippen LogP contribution in [0.4, 0.5) is 0 Å². The highest BCUT2D eigenvalue weighted by Crippen LogP contribution is 2.31. The molecule has 1 aliphatic carbocycles. The van der Waals surface area contributed by atoms with Crippen molar-refractivity contribution in [1.29, 1.82) is 0 Å². The SMILES string of the molecule is CN(C)CC1CCCN1C(=O)C1(N)CCCC1. The molecule has 1 heterocycles. The maximum absolute atomic E-state index is 12.5. The van der Waals surface area contributed by atoms with E-state index < -0.39 is 5.54 Å². The molecule has 2 rings (SSSR count). The number of likely N-dealkylation sites (N-methyl/N-ethyl adjacent to an activating group) is 1. The Balaban J connectivity index is 2.02. The van der Waals surface area contributed by atoms with Gasteiger partial charge in [0.1, 0.15) is 0 Å². The lowest BCUT2D eigenvalue weighted by Gasteiger charge is -2.33. The fraction of sp³-hybridized carbons (Fsp3) is 0.923. The van der Waals surface area contributed by atoms with E-state index >= 15 is 0 Å². The third-order valence-corrected chi connectivity index (χ3v) is 4.14. The largest absolute Gasteiger partial charge is 0.337 e. The van der Waals surface area contributed by atoms with E-state index in [1.54, 1.807) is 0 Å². The summed E-state index contributed by atoms with van der Waals surface area (Å²) in [4.78, 5) is 16.8. The molecule has 1 amide bonds. The van der Waals surface area contributed by atoms with Crippen molar-refractivity contribution in [1.82, 2.24) is 9.80 Å². The van der Waals surface area contributed by atoms with Gasteiger partial charge in [-0.3, -0.25) is 4.79 Å². The Hall–Kier alpha value is -0.610. The zero-order chi connectivity index (χ0) is 12.5. The molecule has 1 atom stereocenters. The molecule has 2 aliphatic rings. The van der Waals surface area contributed by atoms with Crippen LogP contribution >= 0.6 is 0 Å². The van der Waals surface area contributed by atoms with Crippen LogP contribution in [0.5, 0.6) is 0 Å². The molecular weight excluding hydrogens is 214 g/mol. The van der Waals surface area contributed by atoms with E-state index in [-0.39, 0.29) is 5.91 Å². The van der Waals surface area contributed by atoms with Gasteiger partial charge in [0.25, 0.3) is 0 Å². The molecule has 0 aromatic rings. The van der Waals surface area contributed by atoms with E-state index in [1.165, 1.54) is 0 Å². The number of likely N-dealkylation sites (tertiary alicyclic amines) is 1. The van der Waals surface area contributed by atoms with E-state index in [2.05, 4.69) is 19.0 Å². The van der Waals surface area contributed by atoms with E-state index in [0.29, 0.717) is 6.04 Å². The Kier molecular flexibility index (Phi) is 3.73. The Bertz CT molecular complexity index is 284. The Morgan fingerprint density at radius 3 is 2.59 bits per heavy atom.